The van der Waals surface area contributed by atoms with E-state index >= 15 is 0 Å². The summed E-state index contributed by atoms with van der Waals surface area (Å²) in [5.74, 6) is -0.350. The maximum absolute atomic E-state index is 10.3. The van der Waals surface area contributed by atoms with E-state index in [0.29, 0.717) is 13.2 Å². The first-order valence-electron chi connectivity index (χ1n) is 5.37. The third-order valence-corrected chi connectivity index (χ3v) is 2.44. The Hall–Kier alpha value is -0.210. The summed E-state index contributed by atoms with van der Waals surface area (Å²) in [5, 5.41) is 3.12. The first-order chi connectivity index (χ1) is 7.56. The molecule has 0 spiro atoms. The molecule has 0 saturated heterocycles. The van der Waals surface area contributed by atoms with E-state index in [1.54, 1.807) is 0 Å². The second-order valence-corrected chi connectivity index (χ2v) is 4.77. The monoisotopic (exact) mass is 255 g/mol. The van der Waals surface area contributed by atoms with Crippen LogP contribution in [0.2, 0.25) is 0 Å². The lowest BCUT2D eigenvalue weighted by Crippen LogP contribution is -2.23. The molecule has 0 aliphatic carbocycles. The number of ether oxygens (including phenoxy) is 2. The minimum absolute atomic E-state index is 0.0272. The van der Waals surface area contributed by atoms with E-state index < -0.39 is 10.1 Å². The Labute approximate surface area is 97.1 Å². The third-order valence-electron chi connectivity index (χ3n) is 1.76. The Bertz CT molecular complexity index is 242. The molecule has 0 aliphatic heterocycles. The van der Waals surface area contributed by atoms with Gasteiger partial charge in [-0.05, 0) is 19.9 Å². The molecule has 0 unspecified atom stereocenters. The van der Waals surface area contributed by atoms with Gasteiger partial charge in [0.15, 0.2) is 0 Å². The van der Waals surface area contributed by atoms with Crippen LogP contribution in [-0.4, -0.2) is 58.2 Å². The SMILES string of the molecule is CCOCCCNCCOCCS(=O)(=O)O. The number of hydrogen-bond donors (Lipinski definition) is 2. The molecule has 0 heterocycles. The lowest BCUT2D eigenvalue weighted by Gasteiger charge is -2.05. The van der Waals surface area contributed by atoms with Crippen LogP contribution in [0.5, 0.6) is 0 Å². The van der Waals surface area contributed by atoms with Crippen LogP contribution < -0.4 is 5.32 Å². The fourth-order valence-electron chi connectivity index (χ4n) is 0.979. The van der Waals surface area contributed by atoms with Gasteiger partial charge in [-0.15, -0.1) is 0 Å². The summed E-state index contributed by atoms with van der Waals surface area (Å²) in [6.07, 6.45) is 0.943. The molecule has 0 aliphatic rings. The normalized spacial score (nSPS) is 11.9. The third kappa shape index (κ3) is 13.8. The van der Waals surface area contributed by atoms with Crippen molar-refractivity contribution in [2.45, 2.75) is 13.3 Å². The molecule has 0 atom stereocenters. The van der Waals surface area contributed by atoms with Gasteiger partial charge < -0.3 is 14.8 Å². The molecule has 0 aromatic carbocycles. The Kier molecular flexibility index (Phi) is 9.85. The van der Waals surface area contributed by atoms with E-state index in [9.17, 15) is 8.42 Å². The molecule has 0 fully saturated rings. The number of rotatable bonds is 11. The molecule has 0 radical (unpaired) electrons. The lowest BCUT2D eigenvalue weighted by molar-refractivity contribution is 0.138. The maximum atomic E-state index is 10.3. The van der Waals surface area contributed by atoms with E-state index in [1.165, 1.54) is 0 Å². The lowest BCUT2D eigenvalue weighted by atomic mass is 10.4. The molecular formula is C9H21NO5S. The van der Waals surface area contributed by atoms with Crippen molar-refractivity contribution in [1.29, 1.82) is 0 Å². The molecule has 2 N–H and O–H groups in total. The highest BCUT2D eigenvalue weighted by Crippen LogP contribution is 1.83. The van der Waals surface area contributed by atoms with Gasteiger partial charge >= 0.3 is 0 Å². The second kappa shape index (κ2) is 9.98. The molecule has 0 rings (SSSR count). The summed E-state index contributed by atoms with van der Waals surface area (Å²) in [4.78, 5) is 0. The zero-order valence-electron chi connectivity index (χ0n) is 9.65. The summed E-state index contributed by atoms with van der Waals surface area (Å²) in [5.41, 5.74) is 0. The molecule has 0 saturated carbocycles. The standard InChI is InChI=1S/C9H21NO5S/c1-2-14-6-3-4-10-5-7-15-8-9-16(11,12)13/h10H,2-9H2,1H3,(H,11,12,13). The van der Waals surface area contributed by atoms with Crippen LogP contribution in [-0.2, 0) is 19.6 Å². The molecule has 0 aromatic rings. The Morgan fingerprint density at radius 1 is 1.12 bits per heavy atom. The maximum Gasteiger partial charge on any atom is 0.267 e. The van der Waals surface area contributed by atoms with Gasteiger partial charge in [0.2, 0.25) is 0 Å². The summed E-state index contributed by atoms with van der Waals surface area (Å²) in [6, 6.07) is 0. The highest BCUT2D eigenvalue weighted by atomic mass is 32.2. The van der Waals surface area contributed by atoms with Crippen molar-refractivity contribution >= 4 is 10.1 Å². The van der Waals surface area contributed by atoms with Crippen LogP contribution in [0.15, 0.2) is 0 Å². The fraction of sp³-hybridized carbons (Fsp3) is 1.00. The van der Waals surface area contributed by atoms with Gasteiger partial charge in [0, 0.05) is 19.8 Å². The number of hydrogen-bond acceptors (Lipinski definition) is 5. The summed E-state index contributed by atoms with van der Waals surface area (Å²) < 4.78 is 39.2. The predicted octanol–water partition coefficient (Wildman–Crippen LogP) is -0.0930. The van der Waals surface area contributed by atoms with Crippen molar-refractivity contribution in [3.8, 4) is 0 Å². The van der Waals surface area contributed by atoms with Gasteiger partial charge in [-0.2, -0.15) is 8.42 Å². The topological polar surface area (TPSA) is 84.9 Å². The molecular weight excluding hydrogens is 234 g/mol. The van der Waals surface area contributed by atoms with Crippen molar-refractivity contribution in [2.24, 2.45) is 0 Å². The Morgan fingerprint density at radius 3 is 2.50 bits per heavy atom. The van der Waals surface area contributed by atoms with Crippen LogP contribution in [0.3, 0.4) is 0 Å². The Balaban J connectivity index is 3.05. The van der Waals surface area contributed by atoms with Crippen molar-refractivity contribution in [3.63, 3.8) is 0 Å². The van der Waals surface area contributed by atoms with Gasteiger partial charge in [0.1, 0.15) is 0 Å². The molecule has 6 nitrogen and oxygen atoms in total. The van der Waals surface area contributed by atoms with Gasteiger partial charge in [-0.1, -0.05) is 0 Å². The zero-order chi connectivity index (χ0) is 12.3. The minimum Gasteiger partial charge on any atom is -0.382 e. The first-order valence-corrected chi connectivity index (χ1v) is 6.98. The van der Waals surface area contributed by atoms with Crippen LogP contribution in [0.4, 0.5) is 0 Å². The van der Waals surface area contributed by atoms with Crippen LogP contribution in [0.25, 0.3) is 0 Å². The van der Waals surface area contributed by atoms with Crippen LogP contribution >= 0.6 is 0 Å². The molecule has 0 aromatic heterocycles. The average Bonchev–Trinajstić information content (AvgIpc) is 2.19. The van der Waals surface area contributed by atoms with Gasteiger partial charge in [0.05, 0.1) is 19.0 Å². The fourth-order valence-corrected chi connectivity index (χ4v) is 1.31. The zero-order valence-corrected chi connectivity index (χ0v) is 10.5. The largest absolute Gasteiger partial charge is 0.382 e. The van der Waals surface area contributed by atoms with E-state index in [2.05, 4.69) is 5.32 Å². The van der Waals surface area contributed by atoms with Crippen LogP contribution in [0.1, 0.15) is 13.3 Å². The smallest absolute Gasteiger partial charge is 0.267 e. The van der Waals surface area contributed by atoms with E-state index in [0.717, 1.165) is 26.2 Å². The molecule has 0 amide bonds. The van der Waals surface area contributed by atoms with Crippen molar-refractivity contribution in [2.75, 3.05) is 45.3 Å². The van der Waals surface area contributed by atoms with Gasteiger partial charge in [-0.3, -0.25) is 4.55 Å². The van der Waals surface area contributed by atoms with Crippen molar-refractivity contribution in [3.05, 3.63) is 0 Å². The molecule has 16 heavy (non-hydrogen) atoms. The number of nitrogens with one attached hydrogen (secondary N) is 1. The van der Waals surface area contributed by atoms with Crippen LogP contribution in [0, 0.1) is 0 Å². The van der Waals surface area contributed by atoms with Crippen molar-refractivity contribution in [1.82, 2.24) is 5.32 Å². The Morgan fingerprint density at radius 2 is 1.88 bits per heavy atom. The minimum atomic E-state index is -3.89. The van der Waals surface area contributed by atoms with E-state index in [1.807, 2.05) is 6.92 Å². The van der Waals surface area contributed by atoms with Gasteiger partial charge in [0.25, 0.3) is 10.1 Å². The quantitative estimate of drug-likeness (QED) is 0.396. The average molecular weight is 255 g/mol. The van der Waals surface area contributed by atoms with Crippen molar-refractivity contribution < 1.29 is 22.4 Å². The van der Waals surface area contributed by atoms with E-state index in [4.69, 9.17) is 14.0 Å². The van der Waals surface area contributed by atoms with E-state index in [-0.39, 0.29) is 12.4 Å². The molecule has 98 valence electrons. The molecule has 0 bridgehead atoms. The highest BCUT2D eigenvalue weighted by molar-refractivity contribution is 7.85. The second-order valence-electron chi connectivity index (χ2n) is 3.20. The summed E-state index contributed by atoms with van der Waals surface area (Å²) in [6.45, 7) is 5.41. The summed E-state index contributed by atoms with van der Waals surface area (Å²) >= 11 is 0. The first kappa shape index (κ1) is 15.8. The highest BCUT2D eigenvalue weighted by Gasteiger charge is 2.02. The summed E-state index contributed by atoms with van der Waals surface area (Å²) in [7, 11) is -3.89. The molecule has 7 heteroatoms. The van der Waals surface area contributed by atoms with Gasteiger partial charge in [-0.25, -0.2) is 0 Å². The predicted molar refractivity (Wildman–Crippen MR) is 61.2 cm³/mol.